The Morgan fingerprint density at radius 1 is 1.04 bits per heavy atom. The van der Waals surface area contributed by atoms with Crippen molar-refractivity contribution in [1.29, 1.82) is 0 Å². The summed E-state index contributed by atoms with van der Waals surface area (Å²) in [7, 11) is 0. The molecule has 1 aromatic heterocycles. The number of pyridine rings is 1. The van der Waals surface area contributed by atoms with Crippen LogP contribution < -0.4 is 16.0 Å². The van der Waals surface area contributed by atoms with Gasteiger partial charge >= 0.3 is 6.03 Å². The molecular weight excluding hydrogens is 376 g/mol. The first-order valence-corrected chi connectivity index (χ1v) is 9.89. The zero-order chi connectivity index (χ0) is 19.9. The molecule has 28 heavy (non-hydrogen) atoms. The van der Waals surface area contributed by atoms with Crippen LogP contribution >= 0.6 is 11.6 Å². The Hall–Kier alpha value is -2.60. The summed E-state index contributed by atoms with van der Waals surface area (Å²) in [6.07, 6.45) is 6.64. The van der Waals surface area contributed by atoms with Gasteiger partial charge in [-0.15, -0.1) is 0 Å². The molecule has 1 fully saturated rings. The van der Waals surface area contributed by atoms with Crippen LogP contribution in [-0.2, 0) is 6.54 Å². The highest BCUT2D eigenvalue weighted by Crippen LogP contribution is 2.19. The molecule has 0 unspecified atom stereocenters. The van der Waals surface area contributed by atoms with E-state index in [1.54, 1.807) is 24.5 Å². The van der Waals surface area contributed by atoms with Crippen molar-refractivity contribution >= 4 is 23.5 Å². The molecule has 0 saturated heterocycles. The topological polar surface area (TPSA) is 83.1 Å². The molecule has 1 saturated carbocycles. The molecule has 148 valence electrons. The summed E-state index contributed by atoms with van der Waals surface area (Å²) in [5, 5.41) is 9.64. The summed E-state index contributed by atoms with van der Waals surface area (Å²) in [6.45, 7) is 2.36. The van der Waals surface area contributed by atoms with Crippen molar-refractivity contribution in [2.24, 2.45) is 0 Å². The minimum atomic E-state index is -0.173. The quantitative estimate of drug-likeness (QED) is 0.717. The lowest BCUT2D eigenvalue weighted by molar-refractivity contribution is 0.0923. The second-order valence-electron chi connectivity index (χ2n) is 7.17. The summed E-state index contributed by atoms with van der Waals surface area (Å²) in [5.74, 6) is -0.0808. The van der Waals surface area contributed by atoms with Crippen LogP contribution in [0.15, 0.2) is 42.7 Å². The van der Waals surface area contributed by atoms with Crippen molar-refractivity contribution in [3.05, 3.63) is 64.4 Å². The molecule has 1 aromatic carbocycles. The van der Waals surface area contributed by atoms with Crippen LogP contribution in [0.2, 0.25) is 5.02 Å². The number of amides is 3. The first kappa shape index (κ1) is 20.1. The van der Waals surface area contributed by atoms with E-state index >= 15 is 0 Å². The molecule has 2 aromatic rings. The highest BCUT2D eigenvalue weighted by Gasteiger charge is 2.24. The lowest BCUT2D eigenvalue weighted by atomic mass is 9.91. The lowest BCUT2D eigenvalue weighted by Gasteiger charge is -2.29. The number of aromatic nitrogens is 1. The fraction of sp³-hybridized carbons (Fsp3) is 0.381. The van der Waals surface area contributed by atoms with Crippen LogP contribution in [0, 0.1) is 6.92 Å². The van der Waals surface area contributed by atoms with Gasteiger partial charge in [0, 0.05) is 36.0 Å². The first-order valence-electron chi connectivity index (χ1n) is 9.51. The number of rotatable bonds is 5. The highest BCUT2D eigenvalue weighted by atomic mass is 35.5. The number of hydrogen-bond donors (Lipinski definition) is 3. The fourth-order valence-electron chi connectivity index (χ4n) is 3.37. The third kappa shape index (κ3) is 5.70. The zero-order valence-corrected chi connectivity index (χ0v) is 16.6. The Bertz CT molecular complexity index is 817. The second kappa shape index (κ2) is 9.55. The van der Waals surface area contributed by atoms with Crippen molar-refractivity contribution in [2.75, 3.05) is 0 Å². The maximum atomic E-state index is 12.4. The zero-order valence-electron chi connectivity index (χ0n) is 15.9. The molecule has 0 radical (unpaired) electrons. The fourth-order valence-corrected chi connectivity index (χ4v) is 3.49. The van der Waals surface area contributed by atoms with E-state index in [2.05, 4.69) is 20.9 Å². The molecule has 3 rings (SSSR count). The number of aryl methyl sites for hydroxylation is 1. The van der Waals surface area contributed by atoms with E-state index in [0.29, 0.717) is 17.1 Å². The van der Waals surface area contributed by atoms with Gasteiger partial charge in [0.15, 0.2) is 0 Å². The van der Waals surface area contributed by atoms with E-state index in [9.17, 15) is 9.59 Å². The van der Waals surface area contributed by atoms with E-state index < -0.39 is 0 Å². The summed E-state index contributed by atoms with van der Waals surface area (Å²) in [6, 6.07) is 9.30. The molecule has 3 amide bonds. The van der Waals surface area contributed by atoms with Gasteiger partial charge in [0.25, 0.3) is 5.91 Å². The second-order valence-corrected chi connectivity index (χ2v) is 7.60. The van der Waals surface area contributed by atoms with Gasteiger partial charge in [-0.1, -0.05) is 23.7 Å². The average Bonchev–Trinajstić information content (AvgIpc) is 2.69. The molecule has 6 nitrogen and oxygen atoms in total. The van der Waals surface area contributed by atoms with Gasteiger partial charge in [0.1, 0.15) is 0 Å². The Labute approximate surface area is 170 Å². The van der Waals surface area contributed by atoms with Gasteiger partial charge in [-0.25, -0.2) is 4.79 Å². The molecule has 0 bridgehead atoms. The first-order chi connectivity index (χ1) is 13.5. The van der Waals surface area contributed by atoms with Crippen molar-refractivity contribution in [2.45, 2.75) is 51.2 Å². The largest absolute Gasteiger partial charge is 0.349 e. The Morgan fingerprint density at radius 2 is 1.68 bits per heavy atom. The minimum absolute atomic E-state index is 0.0808. The van der Waals surface area contributed by atoms with Crippen LogP contribution in [0.3, 0.4) is 0 Å². The molecule has 7 heteroatoms. The van der Waals surface area contributed by atoms with Crippen molar-refractivity contribution in [1.82, 2.24) is 20.9 Å². The molecular formula is C21H25ClN4O2. The van der Waals surface area contributed by atoms with E-state index in [1.165, 1.54) is 0 Å². The SMILES string of the molecule is Cc1ccncc1C(=O)NC1CCC(NC(=O)NCc2ccc(Cl)cc2)CC1. The highest BCUT2D eigenvalue weighted by molar-refractivity contribution is 6.30. The number of carbonyl (C=O) groups is 2. The predicted molar refractivity (Wildman–Crippen MR) is 109 cm³/mol. The molecule has 0 aliphatic heterocycles. The van der Waals surface area contributed by atoms with E-state index in [-0.39, 0.29) is 24.0 Å². The normalized spacial score (nSPS) is 18.9. The average molecular weight is 401 g/mol. The maximum absolute atomic E-state index is 12.4. The molecule has 0 spiro atoms. The Balaban J connectivity index is 1.39. The molecule has 0 atom stereocenters. The summed E-state index contributed by atoms with van der Waals surface area (Å²) < 4.78 is 0. The Kier molecular flexibility index (Phi) is 6.87. The third-order valence-corrected chi connectivity index (χ3v) is 5.30. The number of hydrogen-bond acceptors (Lipinski definition) is 3. The lowest BCUT2D eigenvalue weighted by Crippen LogP contribution is -2.46. The summed E-state index contributed by atoms with van der Waals surface area (Å²) >= 11 is 5.86. The van der Waals surface area contributed by atoms with Gasteiger partial charge in [-0.05, 0) is 61.9 Å². The Morgan fingerprint density at radius 3 is 2.32 bits per heavy atom. The number of urea groups is 1. The number of nitrogens with one attached hydrogen (secondary N) is 3. The van der Waals surface area contributed by atoms with E-state index in [0.717, 1.165) is 36.8 Å². The monoisotopic (exact) mass is 400 g/mol. The van der Waals surface area contributed by atoms with Gasteiger partial charge in [0.05, 0.1) is 5.56 Å². The van der Waals surface area contributed by atoms with E-state index in [4.69, 9.17) is 11.6 Å². The van der Waals surface area contributed by atoms with Crippen molar-refractivity contribution < 1.29 is 9.59 Å². The molecule has 1 aliphatic carbocycles. The number of benzene rings is 1. The predicted octanol–water partition coefficient (Wildman–Crippen LogP) is 3.58. The third-order valence-electron chi connectivity index (χ3n) is 5.05. The maximum Gasteiger partial charge on any atom is 0.315 e. The van der Waals surface area contributed by atoms with Crippen LogP contribution in [0.25, 0.3) is 0 Å². The van der Waals surface area contributed by atoms with Crippen LogP contribution in [-0.4, -0.2) is 29.0 Å². The van der Waals surface area contributed by atoms with Crippen LogP contribution in [0.5, 0.6) is 0 Å². The van der Waals surface area contributed by atoms with Gasteiger partial charge < -0.3 is 16.0 Å². The number of halogens is 1. The van der Waals surface area contributed by atoms with Crippen molar-refractivity contribution in [3.8, 4) is 0 Å². The van der Waals surface area contributed by atoms with Crippen molar-refractivity contribution in [3.63, 3.8) is 0 Å². The van der Waals surface area contributed by atoms with Gasteiger partial charge in [-0.3, -0.25) is 9.78 Å². The molecule has 1 heterocycles. The van der Waals surface area contributed by atoms with Gasteiger partial charge in [0.2, 0.25) is 0 Å². The standard InChI is InChI=1S/C21H25ClN4O2/c1-14-10-11-23-13-19(14)20(27)25-17-6-8-18(9-7-17)26-21(28)24-12-15-2-4-16(22)5-3-15/h2-5,10-11,13,17-18H,6-9,12H2,1H3,(H,25,27)(H2,24,26,28). The van der Waals surface area contributed by atoms with E-state index in [1.807, 2.05) is 25.1 Å². The number of nitrogens with zero attached hydrogens (tertiary/aromatic N) is 1. The van der Waals surface area contributed by atoms with Crippen LogP contribution in [0.1, 0.15) is 47.2 Å². The summed E-state index contributed by atoms with van der Waals surface area (Å²) in [5.41, 5.74) is 2.53. The minimum Gasteiger partial charge on any atom is -0.349 e. The molecule has 1 aliphatic rings. The number of carbonyl (C=O) groups excluding carboxylic acids is 2. The smallest absolute Gasteiger partial charge is 0.315 e. The summed E-state index contributed by atoms with van der Waals surface area (Å²) in [4.78, 5) is 28.5. The van der Waals surface area contributed by atoms with Crippen LogP contribution in [0.4, 0.5) is 4.79 Å². The molecule has 3 N–H and O–H groups in total. The van der Waals surface area contributed by atoms with Gasteiger partial charge in [-0.2, -0.15) is 0 Å².